The highest BCUT2D eigenvalue weighted by Crippen LogP contribution is 2.29. The van der Waals surface area contributed by atoms with Gasteiger partial charge in [-0.1, -0.05) is 15.9 Å². The van der Waals surface area contributed by atoms with Gasteiger partial charge < -0.3 is 4.74 Å². The van der Waals surface area contributed by atoms with Crippen LogP contribution in [0.3, 0.4) is 0 Å². The van der Waals surface area contributed by atoms with Gasteiger partial charge >= 0.3 is 0 Å². The zero-order chi connectivity index (χ0) is 14.9. The van der Waals surface area contributed by atoms with Gasteiger partial charge in [-0.3, -0.25) is 0 Å². The summed E-state index contributed by atoms with van der Waals surface area (Å²) in [7, 11) is -3.91. The molecule has 0 aliphatic carbocycles. The van der Waals surface area contributed by atoms with Gasteiger partial charge in [0, 0.05) is 22.6 Å². The van der Waals surface area contributed by atoms with Gasteiger partial charge in [0.15, 0.2) is 0 Å². The van der Waals surface area contributed by atoms with E-state index in [0.717, 1.165) is 0 Å². The zero-order valence-electron chi connectivity index (χ0n) is 10.8. The number of nitrogens with zero attached hydrogens (tertiary/aromatic N) is 1. The van der Waals surface area contributed by atoms with Gasteiger partial charge in [0.2, 0.25) is 10.0 Å². The molecule has 1 aliphatic rings. The molecule has 1 heterocycles. The lowest BCUT2D eigenvalue weighted by Crippen LogP contribution is -2.47. The predicted molar refractivity (Wildman–Crippen MR) is 77.8 cm³/mol. The first-order chi connectivity index (χ1) is 9.37. The van der Waals surface area contributed by atoms with Crippen molar-refractivity contribution in [1.82, 2.24) is 4.31 Å². The maximum absolute atomic E-state index is 14.3. The lowest BCUT2D eigenvalue weighted by Gasteiger charge is -2.32. The number of sulfonamides is 1. The predicted octanol–water partition coefficient (Wildman–Crippen LogP) is 2.74. The minimum absolute atomic E-state index is 0.0908. The van der Waals surface area contributed by atoms with Crippen LogP contribution >= 0.6 is 27.5 Å². The Kier molecular flexibility index (Phi) is 5.07. The van der Waals surface area contributed by atoms with Gasteiger partial charge in [-0.25, -0.2) is 12.8 Å². The molecule has 1 aliphatic heterocycles. The van der Waals surface area contributed by atoms with Crippen molar-refractivity contribution >= 4 is 37.6 Å². The van der Waals surface area contributed by atoms with E-state index in [1.165, 1.54) is 16.4 Å². The highest BCUT2D eigenvalue weighted by atomic mass is 79.9. The fourth-order valence-electron chi connectivity index (χ4n) is 2.10. The molecule has 1 aromatic rings. The number of alkyl halides is 1. The molecule has 0 spiro atoms. The van der Waals surface area contributed by atoms with E-state index in [1.54, 1.807) is 6.92 Å². The molecule has 1 aromatic carbocycles. The Bertz CT molecular complexity index is 611. The Hall–Kier alpha value is -0.210. The first-order valence-electron chi connectivity index (χ1n) is 6.01. The molecule has 2 rings (SSSR count). The van der Waals surface area contributed by atoms with Crippen molar-refractivity contribution in [2.75, 3.05) is 19.8 Å². The lowest BCUT2D eigenvalue weighted by atomic mass is 10.2. The van der Waals surface area contributed by atoms with Crippen molar-refractivity contribution in [3.05, 3.63) is 28.0 Å². The van der Waals surface area contributed by atoms with Crippen molar-refractivity contribution in [3.63, 3.8) is 0 Å². The SMILES string of the molecule is CC1COCCN1S(=O)(=O)c1cc(Br)cc(CCl)c1F. The molecule has 1 unspecified atom stereocenters. The van der Waals surface area contributed by atoms with Crippen molar-refractivity contribution in [2.45, 2.75) is 23.7 Å². The molecular weight excluding hydrogens is 373 g/mol. The Morgan fingerprint density at radius 1 is 1.55 bits per heavy atom. The van der Waals surface area contributed by atoms with Crippen LogP contribution in [0.2, 0.25) is 0 Å². The minimum atomic E-state index is -3.91. The number of ether oxygens (including phenoxy) is 1. The fraction of sp³-hybridized carbons (Fsp3) is 0.500. The van der Waals surface area contributed by atoms with Crippen LogP contribution in [0.25, 0.3) is 0 Å². The Balaban J connectivity index is 2.51. The quantitative estimate of drug-likeness (QED) is 0.751. The molecule has 0 aromatic heterocycles. The second-order valence-corrected chi connectivity index (χ2v) is 7.59. The molecule has 20 heavy (non-hydrogen) atoms. The highest BCUT2D eigenvalue weighted by molar-refractivity contribution is 9.10. The van der Waals surface area contributed by atoms with Gasteiger partial charge in [0.05, 0.1) is 19.1 Å². The summed E-state index contributed by atoms with van der Waals surface area (Å²) in [4.78, 5) is -0.351. The first-order valence-corrected chi connectivity index (χ1v) is 8.78. The van der Waals surface area contributed by atoms with E-state index in [4.69, 9.17) is 16.3 Å². The Morgan fingerprint density at radius 3 is 2.85 bits per heavy atom. The van der Waals surface area contributed by atoms with E-state index in [9.17, 15) is 12.8 Å². The summed E-state index contributed by atoms with van der Waals surface area (Å²) in [6.45, 7) is 2.56. The lowest BCUT2D eigenvalue weighted by molar-refractivity contribution is 0.0392. The molecule has 1 atom stereocenters. The smallest absolute Gasteiger partial charge is 0.246 e. The van der Waals surface area contributed by atoms with Crippen LogP contribution in [0.4, 0.5) is 4.39 Å². The Morgan fingerprint density at radius 2 is 2.25 bits per heavy atom. The number of halogens is 3. The van der Waals surface area contributed by atoms with E-state index in [0.29, 0.717) is 17.7 Å². The van der Waals surface area contributed by atoms with Crippen molar-refractivity contribution in [2.24, 2.45) is 0 Å². The van der Waals surface area contributed by atoms with E-state index in [-0.39, 0.29) is 28.9 Å². The van der Waals surface area contributed by atoms with Gasteiger partial charge in [-0.05, 0) is 19.1 Å². The monoisotopic (exact) mass is 385 g/mol. The van der Waals surface area contributed by atoms with Crippen molar-refractivity contribution in [3.8, 4) is 0 Å². The summed E-state index contributed by atoms with van der Waals surface area (Å²) in [5.74, 6) is -0.881. The van der Waals surface area contributed by atoms with Gasteiger partial charge in [0.25, 0.3) is 0 Å². The average molecular weight is 387 g/mol. The molecular formula is C12H14BrClFNO3S. The van der Waals surface area contributed by atoms with Crippen LogP contribution in [0.15, 0.2) is 21.5 Å². The largest absolute Gasteiger partial charge is 0.378 e. The van der Waals surface area contributed by atoms with E-state index in [1.807, 2.05) is 0 Å². The highest BCUT2D eigenvalue weighted by Gasteiger charge is 2.34. The van der Waals surface area contributed by atoms with Crippen LogP contribution in [-0.2, 0) is 20.6 Å². The molecule has 112 valence electrons. The summed E-state index contributed by atoms with van der Waals surface area (Å²) in [6.07, 6.45) is 0. The van der Waals surface area contributed by atoms with E-state index in [2.05, 4.69) is 15.9 Å². The summed E-state index contributed by atoms with van der Waals surface area (Å²) in [6, 6.07) is 2.42. The minimum Gasteiger partial charge on any atom is -0.378 e. The van der Waals surface area contributed by atoms with Crippen molar-refractivity contribution in [1.29, 1.82) is 0 Å². The molecule has 4 nitrogen and oxygen atoms in total. The van der Waals surface area contributed by atoms with Crippen molar-refractivity contribution < 1.29 is 17.5 Å². The average Bonchev–Trinajstić information content (AvgIpc) is 2.41. The second-order valence-electron chi connectivity index (χ2n) is 4.55. The molecule has 0 amide bonds. The molecule has 1 saturated heterocycles. The van der Waals surface area contributed by atoms with Gasteiger partial charge in [-0.2, -0.15) is 4.31 Å². The maximum atomic E-state index is 14.3. The molecule has 8 heteroatoms. The van der Waals surface area contributed by atoms with Crippen LogP contribution in [-0.4, -0.2) is 38.5 Å². The summed E-state index contributed by atoms with van der Waals surface area (Å²) in [5.41, 5.74) is 0.153. The number of benzene rings is 1. The maximum Gasteiger partial charge on any atom is 0.246 e. The molecule has 0 bridgehead atoms. The van der Waals surface area contributed by atoms with Crippen LogP contribution in [0.5, 0.6) is 0 Å². The first kappa shape index (κ1) is 16.2. The van der Waals surface area contributed by atoms with E-state index < -0.39 is 15.8 Å². The third-order valence-electron chi connectivity index (χ3n) is 3.12. The zero-order valence-corrected chi connectivity index (χ0v) is 13.9. The number of hydrogen-bond acceptors (Lipinski definition) is 3. The summed E-state index contributed by atoms with van der Waals surface area (Å²) < 4.78 is 46.5. The Labute approximate surface area is 131 Å². The number of rotatable bonds is 3. The third-order valence-corrected chi connectivity index (χ3v) is 5.88. The summed E-state index contributed by atoms with van der Waals surface area (Å²) >= 11 is 8.84. The van der Waals surface area contributed by atoms with E-state index >= 15 is 0 Å². The molecule has 0 saturated carbocycles. The number of hydrogen-bond donors (Lipinski definition) is 0. The second kappa shape index (κ2) is 6.27. The van der Waals surface area contributed by atoms with Crippen LogP contribution in [0, 0.1) is 5.82 Å². The standard InChI is InChI=1S/C12H14BrClFNO3S/c1-8-7-19-3-2-16(8)20(17,18)11-5-10(13)4-9(6-14)12(11)15/h4-5,8H,2-3,6-7H2,1H3. The normalized spacial score (nSPS) is 21.1. The fourth-order valence-corrected chi connectivity index (χ4v) is 4.69. The molecule has 0 N–H and O–H groups in total. The molecule has 1 fully saturated rings. The van der Waals surface area contributed by atoms with Crippen LogP contribution < -0.4 is 0 Å². The van der Waals surface area contributed by atoms with Gasteiger partial charge in [0.1, 0.15) is 10.7 Å². The third kappa shape index (κ3) is 3.01. The number of morpholine rings is 1. The van der Waals surface area contributed by atoms with Gasteiger partial charge in [-0.15, -0.1) is 11.6 Å². The molecule has 0 radical (unpaired) electrons. The van der Waals surface area contributed by atoms with Crippen LogP contribution in [0.1, 0.15) is 12.5 Å². The summed E-state index contributed by atoms with van der Waals surface area (Å²) in [5, 5.41) is 0. The topological polar surface area (TPSA) is 46.6 Å².